The van der Waals surface area contributed by atoms with Gasteiger partial charge in [0.2, 0.25) is 0 Å². The second kappa shape index (κ2) is 8.71. The number of amides is 1. The van der Waals surface area contributed by atoms with Gasteiger partial charge >= 0.3 is 0 Å². The molecule has 1 aliphatic heterocycles. The van der Waals surface area contributed by atoms with E-state index >= 15 is 0 Å². The molecule has 0 spiro atoms. The third-order valence-electron chi connectivity index (χ3n) is 6.13. The Bertz CT molecular complexity index is 1230. The first-order valence-electron chi connectivity index (χ1n) is 10.7. The van der Waals surface area contributed by atoms with Crippen LogP contribution in [-0.2, 0) is 16.9 Å². The van der Waals surface area contributed by atoms with Gasteiger partial charge in [-0.25, -0.2) is 0 Å². The van der Waals surface area contributed by atoms with Gasteiger partial charge in [0.15, 0.2) is 22.9 Å². The molecule has 1 N–H and O–H groups in total. The molecule has 1 aliphatic rings. The van der Waals surface area contributed by atoms with Gasteiger partial charge in [-0.1, -0.05) is 48.0 Å². The molecule has 1 amide bonds. The first-order chi connectivity index (χ1) is 15.8. The van der Waals surface area contributed by atoms with Crippen molar-refractivity contribution in [3.63, 3.8) is 0 Å². The van der Waals surface area contributed by atoms with Gasteiger partial charge in [0, 0.05) is 11.1 Å². The second-order valence-electron chi connectivity index (χ2n) is 8.38. The fourth-order valence-corrected chi connectivity index (χ4v) is 4.45. The monoisotopic (exact) mass is 445 g/mol. The van der Waals surface area contributed by atoms with E-state index in [-0.39, 0.29) is 18.7 Å². The normalized spacial score (nSPS) is 17.1. The highest BCUT2D eigenvalue weighted by molar-refractivity contribution is 6.11. The van der Waals surface area contributed by atoms with Gasteiger partial charge in [-0.3, -0.25) is 9.59 Å². The van der Waals surface area contributed by atoms with Crippen molar-refractivity contribution >= 4 is 17.4 Å². The number of para-hydroxylation sites is 1. The number of methoxy groups -OCH3 is 2. The Kier molecular flexibility index (Phi) is 5.95. The van der Waals surface area contributed by atoms with Crippen molar-refractivity contribution in [2.24, 2.45) is 0 Å². The minimum Gasteiger partial charge on any atom is -0.493 e. The fourth-order valence-electron chi connectivity index (χ4n) is 4.45. The smallest absolute Gasteiger partial charge is 0.264 e. The molecule has 3 aromatic rings. The summed E-state index contributed by atoms with van der Waals surface area (Å²) in [5.41, 5.74) is 2.29. The van der Waals surface area contributed by atoms with Crippen molar-refractivity contribution in [2.75, 3.05) is 19.1 Å². The number of Topliss-reactive ketones (excluding diaryl/α,β-unsaturated/α-hetero) is 1. The molecular weight excluding hydrogens is 418 g/mol. The van der Waals surface area contributed by atoms with E-state index in [4.69, 9.17) is 9.47 Å². The lowest BCUT2D eigenvalue weighted by Crippen LogP contribution is -2.41. The van der Waals surface area contributed by atoms with Crippen LogP contribution in [0, 0.1) is 13.8 Å². The van der Waals surface area contributed by atoms with Crippen LogP contribution in [0.3, 0.4) is 0 Å². The summed E-state index contributed by atoms with van der Waals surface area (Å²) < 4.78 is 10.7. The molecule has 0 saturated heterocycles. The first kappa shape index (κ1) is 22.6. The van der Waals surface area contributed by atoms with Gasteiger partial charge < -0.3 is 19.5 Å². The number of anilines is 1. The predicted octanol–water partition coefficient (Wildman–Crippen LogP) is 4.33. The Balaban J connectivity index is 1.67. The zero-order chi connectivity index (χ0) is 23.8. The zero-order valence-electron chi connectivity index (χ0n) is 19.2. The number of carbonyl (C=O) groups is 2. The molecule has 0 radical (unpaired) electrons. The SMILES string of the molecule is COc1ccc(CN2C(=O)[C@](O)(CC(=O)c3ccc(C)cc3C)c3ccccc32)cc1OC. The van der Waals surface area contributed by atoms with E-state index in [0.29, 0.717) is 28.3 Å². The van der Waals surface area contributed by atoms with Gasteiger partial charge in [-0.15, -0.1) is 0 Å². The number of ether oxygens (including phenoxy) is 2. The lowest BCUT2D eigenvalue weighted by Gasteiger charge is -2.23. The van der Waals surface area contributed by atoms with Crippen LogP contribution >= 0.6 is 0 Å². The summed E-state index contributed by atoms with van der Waals surface area (Å²) >= 11 is 0. The minimum absolute atomic E-state index is 0.219. The van der Waals surface area contributed by atoms with Crippen LogP contribution in [0.25, 0.3) is 0 Å². The maximum atomic E-state index is 13.5. The Morgan fingerprint density at radius 1 is 0.970 bits per heavy atom. The summed E-state index contributed by atoms with van der Waals surface area (Å²) in [6.07, 6.45) is -0.324. The number of aryl methyl sites for hydroxylation is 2. The standard InChI is InChI=1S/C27H27NO5/c1-17-9-11-20(18(2)13-17)23(29)15-27(31)21-7-5-6-8-22(21)28(26(27)30)16-19-10-12-24(32-3)25(14-19)33-4/h5-14,31H,15-16H2,1-4H3/t27-/m0/s1. The Hall–Kier alpha value is -3.64. The van der Waals surface area contributed by atoms with Crippen molar-refractivity contribution in [3.05, 3.63) is 88.5 Å². The third kappa shape index (κ3) is 3.98. The molecule has 33 heavy (non-hydrogen) atoms. The largest absolute Gasteiger partial charge is 0.493 e. The van der Waals surface area contributed by atoms with E-state index < -0.39 is 11.5 Å². The van der Waals surface area contributed by atoms with Crippen molar-refractivity contribution in [3.8, 4) is 11.5 Å². The van der Waals surface area contributed by atoms with Crippen LogP contribution in [-0.4, -0.2) is 31.0 Å². The molecule has 0 fully saturated rings. The molecule has 4 rings (SSSR count). The summed E-state index contributed by atoms with van der Waals surface area (Å²) in [5.74, 6) is 0.350. The van der Waals surface area contributed by atoms with E-state index in [1.165, 1.54) is 4.90 Å². The predicted molar refractivity (Wildman–Crippen MR) is 126 cm³/mol. The molecule has 3 aromatic carbocycles. The average molecular weight is 446 g/mol. The van der Waals surface area contributed by atoms with Gasteiger partial charge in [-0.05, 0) is 43.2 Å². The van der Waals surface area contributed by atoms with E-state index in [9.17, 15) is 14.7 Å². The number of ketones is 1. The van der Waals surface area contributed by atoms with Gasteiger partial charge in [0.05, 0.1) is 32.9 Å². The molecule has 6 heteroatoms. The molecular formula is C27H27NO5. The van der Waals surface area contributed by atoms with E-state index in [1.54, 1.807) is 50.6 Å². The lowest BCUT2D eigenvalue weighted by atomic mass is 9.87. The minimum atomic E-state index is -1.93. The van der Waals surface area contributed by atoms with Crippen molar-refractivity contribution in [1.29, 1.82) is 0 Å². The molecule has 1 atom stereocenters. The molecule has 0 saturated carbocycles. The number of rotatable bonds is 7. The summed E-state index contributed by atoms with van der Waals surface area (Å²) in [6.45, 7) is 4.03. The van der Waals surface area contributed by atoms with Crippen LogP contribution in [0.1, 0.15) is 39.0 Å². The number of aliphatic hydroxyl groups is 1. The number of nitrogens with zero attached hydrogens (tertiary/aromatic N) is 1. The zero-order valence-corrected chi connectivity index (χ0v) is 19.2. The average Bonchev–Trinajstić information content (AvgIpc) is 3.00. The van der Waals surface area contributed by atoms with Crippen molar-refractivity contribution in [1.82, 2.24) is 0 Å². The molecule has 0 bridgehead atoms. The highest BCUT2D eigenvalue weighted by atomic mass is 16.5. The lowest BCUT2D eigenvalue weighted by molar-refractivity contribution is -0.136. The van der Waals surface area contributed by atoms with Crippen LogP contribution in [0.15, 0.2) is 60.7 Å². The molecule has 6 nitrogen and oxygen atoms in total. The van der Waals surface area contributed by atoms with Crippen LogP contribution < -0.4 is 14.4 Å². The van der Waals surface area contributed by atoms with Crippen LogP contribution in [0.5, 0.6) is 11.5 Å². The maximum absolute atomic E-state index is 13.5. The van der Waals surface area contributed by atoms with Gasteiger partial charge in [-0.2, -0.15) is 0 Å². The first-order valence-corrected chi connectivity index (χ1v) is 10.7. The molecule has 0 unspecified atom stereocenters. The fraction of sp³-hybridized carbons (Fsp3) is 0.259. The molecule has 0 aromatic heterocycles. The summed E-state index contributed by atoms with van der Waals surface area (Å²) in [4.78, 5) is 28.2. The number of fused-ring (bicyclic) bond motifs is 1. The summed E-state index contributed by atoms with van der Waals surface area (Å²) in [5, 5.41) is 11.6. The highest BCUT2D eigenvalue weighted by Crippen LogP contribution is 2.44. The van der Waals surface area contributed by atoms with E-state index in [0.717, 1.165) is 16.7 Å². The number of hydrogen-bond acceptors (Lipinski definition) is 5. The topological polar surface area (TPSA) is 76.1 Å². The Morgan fingerprint density at radius 2 is 1.70 bits per heavy atom. The maximum Gasteiger partial charge on any atom is 0.264 e. The second-order valence-corrected chi connectivity index (χ2v) is 8.38. The quantitative estimate of drug-likeness (QED) is 0.548. The van der Waals surface area contributed by atoms with Crippen LogP contribution in [0.4, 0.5) is 5.69 Å². The molecule has 0 aliphatic carbocycles. The highest BCUT2D eigenvalue weighted by Gasteiger charge is 2.50. The van der Waals surface area contributed by atoms with Gasteiger partial charge in [0.1, 0.15) is 0 Å². The van der Waals surface area contributed by atoms with Crippen molar-refractivity contribution < 1.29 is 24.2 Å². The summed E-state index contributed by atoms with van der Waals surface area (Å²) in [7, 11) is 3.11. The Morgan fingerprint density at radius 3 is 2.39 bits per heavy atom. The number of carbonyl (C=O) groups excluding carboxylic acids is 2. The summed E-state index contributed by atoms with van der Waals surface area (Å²) in [6, 6.07) is 18.0. The molecule has 170 valence electrons. The van der Waals surface area contributed by atoms with E-state index in [2.05, 4.69) is 0 Å². The van der Waals surface area contributed by atoms with Gasteiger partial charge in [0.25, 0.3) is 5.91 Å². The van der Waals surface area contributed by atoms with Crippen LogP contribution in [0.2, 0.25) is 0 Å². The molecule has 1 heterocycles. The van der Waals surface area contributed by atoms with E-state index in [1.807, 2.05) is 38.1 Å². The Labute approximate surface area is 193 Å². The number of benzene rings is 3. The number of hydrogen-bond donors (Lipinski definition) is 1. The van der Waals surface area contributed by atoms with Crippen molar-refractivity contribution in [2.45, 2.75) is 32.4 Å². The third-order valence-corrected chi connectivity index (χ3v) is 6.13.